The van der Waals surface area contributed by atoms with Crippen molar-refractivity contribution in [3.63, 3.8) is 0 Å². The van der Waals surface area contributed by atoms with Gasteiger partial charge in [-0.3, -0.25) is 4.90 Å². The van der Waals surface area contributed by atoms with E-state index in [0.29, 0.717) is 0 Å². The molecule has 0 bridgehead atoms. The summed E-state index contributed by atoms with van der Waals surface area (Å²) in [5.41, 5.74) is 1.88. The van der Waals surface area contributed by atoms with Crippen LogP contribution in [0.2, 0.25) is 0 Å². The largest absolute Gasteiger partial charge is 0.384 e. The van der Waals surface area contributed by atoms with Crippen molar-refractivity contribution in [3.05, 3.63) is 35.4 Å². The van der Waals surface area contributed by atoms with Gasteiger partial charge in [0.05, 0.1) is 0 Å². The number of benzene rings is 1. The van der Waals surface area contributed by atoms with Gasteiger partial charge in [0.25, 0.3) is 0 Å². The lowest BCUT2D eigenvalue weighted by atomic mass is 9.92. The second-order valence-corrected chi connectivity index (χ2v) is 5.93. The Balaban J connectivity index is 1.72. The Kier molecular flexibility index (Phi) is 3.16. The van der Waals surface area contributed by atoms with Gasteiger partial charge in [0.15, 0.2) is 0 Å². The highest BCUT2D eigenvalue weighted by atomic mass is 16.3. The van der Waals surface area contributed by atoms with Gasteiger partial charge in [0, 0.05) is 19.1 Å². The van der Waals surface area contributed by atoms with Crippen molar-refractivity contribution in [2.75, 3.05) is 13.1 Å². The molecule has 1 aliphatic heterocycles. The Morgan fingerprint density at radius 1 is 1.28 bits per heavy atom. The predicted molar refractivity (Wildman–Crippen MR) is 73.5 cm³/mol. The minimum absolute atomic E-state index is 0.604. The van der Waals surface area contributed by atoms with E-state index in [4.69, 9.17) is 0 Å². The molecule has 1 heterocycles. The molecule has 1 aromatic carbocycles. The Labute approximate surface area is 110 Å². The van der Waals surface area contributed by atoms with Gasteiger partial charge in [0.1, 0.15) is 5.60 Å². The Hall–Kier alpha value is -0.860. The smallest absolute Gasteiger partial charge is 0.103 e. The number of hydrogen-bond donors (Lipinski definition) is 1. The molecule has 1 aliphatic carbocycles. The third kappa shape index (κ3) is 2.32. The van der Waals surface area contributed by atoms with Gasteiger partial charge in [0.2, 0.25) is 0 Å². The van der Waals surface area contributed by atoms with Crippen LogP contribution in [0, 0.1) is 0 Å². The zero-order valence-electron chi connectivity index (χ0n) is 11.2. The molecule has 2 aliphatic rings. The molecular weight excluding hydrogens is 222 g/mol. The van der Waals surface area contributed by atoms with Crippen molar-refractivity contribution < 1.29 is 5.11 Å². The van der Waals surface area contributed by atoms with Crippen molar-refractivity contribution >= 4 is 0 Å². The molecular formula is C16H23NO. The van der Waals surface area contributed by atoms with E-state index in [9.17, 15) is 5.11 Å². The molecule has 1 unspecified atom stereocenters. The van der Waals surface area contributed by atoms with Crippen molar-refractivity contribution in [3.8, 4) is 0 Å². The summed E-state index contributed by atoms with van der Waals surface area (Å²) in [7, 11) is 0. The maximum Gasteiger partial charge on any atom is 0.103 e. The first kappa shape index (κ1) is 12.2. The molecule has 1 N–H and O–H groups in total. The number of β-amino-alcohol motifs (C(OH)–C–C–N with tert-alkyl or cyclic N) is 1. The Morgan fingerprint density at radius 3 is 2.61 bits per heavy atom. The summed E-state index contributed by atoms with van der Waals surface area (Å²) in [6.45, 7) is 4.08. The lowest BCUT2D eigenvalue weighted by Crippen LogP contribution is -2.31. The monoisotopic (exact) mass is 245 g/mol. The molecule has 98 valence electrons. The first-order valence-corrected chi connectivity index (χ1v) is 7.27. The summed E-state index contributed by atoms with van der Waals surface area (Å²) in [6.07, 6.45) is 5.85. The highest BCUT2D eigenvalue weighted by Crippen LogP contribution is 2.38. The predicted octanol–water partition coefficient (Wildman–Crippen LogP) is 2.69. The maximum atomic E-state index is 10.8. The Bertz CT molecular complexity index is 410. The van der Waals surface area contributed by atoms with Gasteiger partial charge < -0.3 is 5.11 Å². The second kappa shape index (κ2) is 4.67. The van der Waals surface area contributed by atoms with Crippen LogP contribution in [0.1, 0.15) is 43.7 Å². The SMILES string of the molecule is CCCc1ccc(C2(O)CCN(C3CC3)C2)cc1. The molecule has 2 heteroatoms. The number of aryl methyl sites for hydroxylation is 1. The number of rotatable bonds is 4. The van der Waals surface area contributed by atoms with Crippen LogP contribution in [0.4, 0.5) is 0 Å². The highest BCUT2D eigenvalue weighted by molar-refractivity contribution is 5.29. The topological polar surface area (TPSA) is 23.5 Å². The molecule has 0 aromatic heterocycles. The third-order valence-corrected chi connectivity index (χ3v) is 4.37. The minimum atomic E-state index is -0.604. The van der Waals surface area contributed by atoms with Gasteiger partial charge >= 0.3 is 0 Å². The van der Waals surface area contributed by atoms with Gasteiger partial charge in [-0.15, -0.1) is 0 Å². The first-order valence-electron chi connectivity index (χ1n) is 7.27. The van der Waals surface area contributed by atoms with Crippen LogP contribution >= 0.6 is 0 Å². The zero-order chi connectivity index (χ0) is 12.6. The maximum absolute atomic E-state index is 10.8. The van der Waals surface area contributed by atoms with Gasteiger partial charge in [-0.05, 0) is 36.8 Å². The van der Waals surface area contributed by atoms with Crippen LogP contribution in [0.15, 0.2) is 24.3 Å². The van der Waals surface area contributed by atoms with E-state index in [-0.39, 0.29) is 0 Å². The third-order valence-electron chi connectivity index (χ3n) is 4.37. The number of aliphatic hydroxyl groups is 1. The molecule has 1 saturated carbocycles. The number of hydrogen-bond acceptors (Lipinski definition) is 2. The molecule has 2 nitrogen and oxygen atoms in total. The second-order valence-electron chi connectivity index (χ2n) is 5.93. The van der Waals surface area contributed by atoms with Crippen molar-refractivity contribution in [2.45, 2.75) is 50.7 Å². The summed E-state index contributed by atoms with van der Waals surface area (Å²) in [4.78, 5) is 2.46. The molecule has 0 amide bonds. The first-order chi connectivity index (χ1) is 8.71. The molecule has 0 spiro atoms. The normalized spacial score (nSPS) is 28.8. The van der Waals surface area contributed by atoms with Gasteiger partial charge in [-0.25, -0.2) is 0 Å². The molecule has 2 fully saturated rings. The molecule has 1 saturated heterocycles. The van der Waals surface area contributed by atoms with E-state index >= 15 is 0 Å². The number of likely N-dealkylation sites (tertiary alicyclic amines) is 1. The quantitative estimate of drug-likeness (QED) is 0.881. The van der Waals surface area contributed by atoms with Crippen LogP contribution in [-0.4, -0.2) is 29.1 Å². The summed E-state index contributed by atoms with van der Waals surface area (Å²) in [5.74, 6) is 0. The van der Waals surface area contributed by atoms with E-state index in [1.165, 1.54) is 24.8 Å². The summed E-state index contributed by atoms with van der Waals surface area (Å²) in [6, 6.07) is 9.37. The lowest BCUT2D eigenvalue weighted by Gasteiger charge is -2.24. The average Bonchev–Trinajstić information content (AvgIpc) is 3.15. The fourth-order valence-electron chi connectivity index (χ4n) is 3.08. The van der Waals surface area contributed by atoms with Gasteiger partial charge in [-0.1, -0.05) is 37.6 Å². The molecule has 1 aromatic rings. The molecule has 1 atom stereocenters. The van der Waals surface area contributed by atoms with Crippen molar-refractivity contribution in [1.29, 1.82) is 0 Å². The van der Waals surface area contributed by atoms with Crippen LogP contribution in [0.3, 0.4) is 0 Å². The van der Waals surface area contributed by atoms with Crippen molar-refractivity contribution in [2.24, 2.45) is 0 Å². The van der Waals surface area contributed by atoms with E-state index in [2.05, 4.69) is 36.1 Å². The highest BCUT2D eigenvalue weighted by Gasteiger charge is 2.42. The standard InChI is InChI=1S/C16H23NO/c1-2-3-13-4-6-14(7-5-13)16(18)10-11-17(12-16)15-8-9-15/h4-7,15,18H,2-3,8-12H2,1H3. The van der Waals surface area contributed by atoms with Crippen LogP contribution in [0.25, 0.3) is 0 Å². The van der Waals surface area contributed by atoms with Crippen LogP contribution < -0.4 is 0 Å². The van der Waals surface area contributed by atoms with E-state index in [1.807, 2.05) is 0 Å². The molecule has 0 radical (unpaired) electrons. The van der Waals surface area contributed by atoms with Crippen LogP contribution in [-0.2, 0) is 12.0 Å². The summed E-state index contributed by atoms with van der Waals surface area (Å²) in [5, 5.41) is 10.8. The van der Waals surface area contributed by atoms with E-state index < -0.39 is 5.60 Å². The summed E-state index contributed by atoms with van der Waals surface area (Å²) < 4.78 is 0. The average molecular weight is 245 g/mol. The lowest BCUT2D eigenvalue weighted by molar-refractivity contribution is 0.0452. The number of nitrogens with zero attached hydrogens (tertiary/aromatic N) is 1. The molecule has 3 rings (SSSR count). The zero-order valence-corrected chi connectivity index (χ0v) is 11.2. The van der Waals surface area contributed by atoms with Gasteiger partial charge in [-0.2, -0.15) is 0 Å². The van der Waals surface area contributed by atoms with E-state index in [1.54, 1.807) is 0 Å². The summed E-state index contributed by atoms with van der Waals surface area (Å²) >= 11 is 0. The fraction of sp³-hybridized carbons (Fsp3) is 0.625. The molecule has 18 heavy (non-hydrogen) atoms. The fourth-order valence-corrected chi connectivity index (χ4v) is 3.08. The Morgan fingerprint density at radius 2 is 2.00 bits per heavy atom. The minimum Gasteiger partial charge on any atom is -0.384 e. The van der Waals surface area contributed by atoms with Crippen molar-refractivity contribution in [1.82, 2.24) is 4.90 Å². The van der Waals surface area contributed by atoms with Crippen LogP contribution in [0.5, 0.6) is 0 Å². The van der Waals surface area contributed by atoms with E-state index in [0.717, 1.165) is 37.5 Å².